The smallest absolute Gasteiger partial charge is 0.291 e. The maximum atomic E-state index is 12.9. The van der Waals surface area contributed by atoms with E-state index in [4.69, 9.17) is 18.6 Å². The Labute approximate surface area is 203 Å². The van der Waals surface area contributed by atoms with Gasteiger partial charge < -0.3 is 28.8 Å². The number of nitrogens with one attached hydrogen (secondary N) is 1. The van der Waals surface area contributed by atoms with Gasteiger partial charge in [-0.2, -0.15) is 0 Å². The fraction of sp³-hybridized carbons (Fsp3) is 0.185. The standard InChI is InChI=1S/C27H26N2O6/c1-29(2)27(31)21-14-24(32-3)25(33-4)15-22(21)28-26(30)23-12-11-20(35-23)16-34-19-10-9-17-7-5-6-8-18(17)13-19/h5-15H,16H2,1-4H3,(H,28,30). The van der Waals surface area contributed by atoms with Gasteiger partial charge in [-0.25, -0.2) is 0 Å². The highest BCUT2D eigenvalue weighted by atomic mass is 16.5. The molecular weight excluding hydrogens is 448 g/mol. The molecule has 8 heteroatoms. The van der Waals surface area contributed by atoms with Crippen LogP contribution in [0.15, 0.2) is 71.1 Å². The van der Waals surface area contributed by atoms with Gasteiger partial charge in [0.2, 0.25) is 0 Å². The zero-order valence-electron chi connectivity index (χ0n) is 20.0. The van der Waals surface area contributed by atoms with Crippen molar-refractivity contribution in [3.8, 4) is 17.2 Å². The molecule has 1 aromatic heterocycles. The number of anilines is 1. The Morgan fingerprint density at radius 3 is 2.31 bits per heavy atom. The molecule has 0 fully saturated rings. The van der Waals surface area contributed by atoms with E-state index in [0.717, 1.165) is 10.8 Å². The molecule has 8 nitrogen and oxygen atoms in total. The second kappa shape index (κ2) is 10.2. The number of ether oxygens (including phenoxy) is 3. The molecule has 1 heterocycles. The molecule has 0 saturated heterocycles. The number of nitrogens with zero attached hydrogens (tertiary/aromatic N) is 1. The van der Waals surface area contributed by atoms with Gasteiger partial charge in [-0.1, -0.05) is 30.3 Å². The summed E-state index contributed by atoms with van der Waals surface area (Å²) >= 11 is 0. The second-order valence-electron chi connectivity index (χ2n) is 7.97. The highest BCUT2D eigenvalue weighted by molar-refractivity contribution is 6.08. The van der Waals surface area contributed by atoms with Gasteiger partial charge in [0, 0.05) is 20.2 Å². The van der Waals surface area contributed by atoms with E-state index in [9.17, 15) is 9.59 Å². The molecule has 3 aromatic carbocycles. The van der Waals surface area contributed by atoms with Crippen LogP contribution in [0.2, 0.25) is 0 Å². The molecule has 0 aliphatic carbocycles. The van der Waals surface area contributed by atoms with E-state index >= 15 is 0 Å². The van der Waals surface area contributed by atoms with Crippen molar-refractivity contribution in [2.75, 3.05) is 33.6 Å². The number of furan rings is 1. The van der Waals surface area contributed by atoms with Gasteiger partial charge in [0.15, 0.2) is 17.3 Å². The Balaban J connectivity index is 1.49. The Bertz CT molecular complexity index is 1380. The minimum absolute atomic E-state index is 0.0835. The molecule has 0 radical (unpaired) electrons. The van der Waals surface area contributed by atoms with Crippen LogP contribution in [0, 0.1) is 0 Å². The highest BCUT2D eigenvalue weighted by Crippen LogP contribution is 2.34. The second-order valence-corrected chi connectivity index (χ2v) is 7.97. The fourth-order valence-corrected chi connectivity index (χ4v) is 3.57. The first-order valence-corrected chi connectivity index (χ1v) is 10.9. The van der Waals surface area contributed by atoms with Crippen molar-refractivity contribution in [3.63, 3.8) is 0 Å². The van der Waals surface area contributed by atoms with E-state index in [1.165, 1.54) is 25.2 Å². The molecule has 0 atom stereocenters. The molecule has 0 spiro atoms. The Hall–Kier alpha value is -4.46. The number of hydrogen-bond donors (Lipinski definition) is 1. The van der Waals surface area contributed by atoms with E-state index in [2.05, 4.69) is 5.32 Å². The lowest BCUT2D eigenvalue weighted by molar-refractivity contribution is 0.0828. The van der Waals surface area contributed by atoms with Crippen LogP contribution in [0.25, 0.3) is 10.8 Å². The van der Waals surface area contributed by atoms with Crippen molar-refractivity contribution >= 4 is 28.3 Å². The lowest BCUT2D eigenvalue weighted by Gasteiger charge is -2.17. The number of methoxy groups -OCH3 is 2. The molecule has 0 aliphatic rings. The third-order valence-electron chi connectivity index (χ3n) is 5.40. The molecule has 0 unspecified atom stereocenters. The highest BCUT2D eigenvalue weighted by Gasteiger charge is 2.21. The molecule has 35 heavy (non-hydrogen) atoms. The summed E-state index contributed by atoms with van der Waals surface area (Å²) in [7, 11) is 6.20. The van der Waals surface area contributed by atoms with Crippen molar-refractivity contribution < 1.29 is 28.2 Å². The maximum Gasteiger partial charge on any atom is 0.291 e. The topological polar surface area (TPSA) is 90.2 Å². The van der Waals surface area contributed by atoms with Crippen LogP contribution < -0.4 is 19.5 Å². The van der Waals surface area contributed by atoms with Crippen LogP contribution in [0.5, 0.6) is 17.2 Å². The van der Waals surface area contributed by atoms with Crippen LogP contribution in [0.3, 0.4) is 0 Å². The van der Waals surface area contributed by atoms with Crippen LogP contribution >= 0.6 is 0 Å². The molecule has 0 bridgehead atoms. The summed E-state index contributed by atoms with van der Waals surface area (Å²) in [6.07, 6.45) is 0. The molecule has 0 saturated carbocycles. The number of fused-ring (bicyclic) bond motifs is 1. The summed E-state index contributed by atoms with van der Waals surface area (Å²) in [5, 5.41) is 4.94. The summed E-state index contributed by atoms with van der Waals surface area (Å²) in [6, 6.07) is 20.1. The van der Waals surface area contributed by atoms with Crippen LogP contribution in [0.1, 0.15) is 26.7 Å². The van der Waals surface area contributed by atoms with Gasteiger partial charge in [0.25, 0.3) is 11.8 Å². The van der Waals surface area contributed by atoms with Gasteiger partial charge in [-0.05, 0) is 41.1 Å². The third kappa shape index (κ3) is 5.22. The molecule has 180 valence electrons. The SMILES string of the molecule is COc1cc(NC(=O)c2ccc(COc3ccc4ccccc4c3)o2)c(C(=O)N(C)C)cc1OC. The summed E-state index contributed by atoms with van der Waals surface area (Å²) < 4.78 is 22.1. The van der Waals surface area contributed by atoms with E-state index in [0.29, 0.717) is 23.0 Å². The zero-order valence-corrected chi connectivity index (χ0v) is 20.0. The number of carbonyl (C=O) groups excluding carboxylic acids is 2. The van der Waals surface area contributed by atoms with Crippen molar-refractivity contribution in [2.45, 2.75) is 6.61 Å². The quantitative estimate of drug-likeness (QED) is 0.387. The average Bonchev–Trinajstić information content (AvgIpc) is 3.36. The van der Waals surface area contributed by atoms with Crippen molar-refractivity contribution in [1.29, 1.82) is 0 Å². The van der Waals surface area contributed by atoms with Gasteiger partial charge in [0.1, 0.15) is 18.1 Å². The minimum Gasteiger partial charge on any atom is -0.493 e. The predicted octanol–water partition coefficient (Wildman–Crippen LogP) is 4.98. The summed E-state index contributed by atoms with van der Waals surface area (Å²) in [5.74, 6) is 1.21. The molecule has 1 N–H and O–H groups in total. The van der Waals surface area contributed by atoms with Gasteiger partial charge in [0.05, 0.1) is 25.5 Å². The summed E-state index contributed by atoms with van der Waals surface area (Å²) in [5.41, 5.74) is 0.532. The average molecular weight is 475 g/mol. The largest absolute Gasteiger partial charge is 0.493 e. The normalized spacial score (nSPS) is 10.6. The van der Waals surface area contributed by atoms with Crippen LogP contribution in [-0.2, 0) is 6.61 Å². The third-order valence-corrected chi connectivity index (χ3v) is 5.40. The Kier molecular flexibility index (Phi) is 6.91. The minimum atomic E-state index is -0.512. The van der Waals surface area contributed by atoms with Crippen molar-refractivity contribution in [3.05, 3.63) is 83.8 Å². The lowest BCUT2D eigenvalue weighted by atomic mass is 10.1. The molecule has 2 amide bonds. The van der Waals surface area contributed by atoms with Crippen molar-refractivity contribution in [1.82, 2.24) is 4.90 Å². The van der Waals surface area contributed by atoms with E-state index in [1.54, 1.807) is 32.3 Å². The Morgan fingerprint density at radius 2 is 1.60 bits per heavy atom. The molecule has 0 aliphatic heterocycles. The number of carbonyl (C=O) groups is 2. The molecule has 4 aromatic rings. The number of benzene rings is 3. The summed E-state index contributed by atoms with van der Waals surface area (Å²) in [6.45, 7) is 0.159. The van der Waals surface area contributed by atoms with Crippen molar-refractivity contribution in [2.24, 2.45) is 0 Å². The molecule has 4 rings (SSSR count). The van der Waals surface area contributed by atoms with Crippen LogP contribution in [0.4, 0.5) is 5.69 Å². The number of amides is 2. The monoisotopic (exact) mass is 474 g/mol. The van der Waals surface area contributed by atoms with Gasteiger partial charge >= 0.3 is 0 Å². The summed E-state index contributed by atoms with van der Waals surface area (Å²) in [4.78, 5) is 27.0. The first kappa shape index (κ1) is 23.7. The van der Waals surface area contributed by atoms with E-state index in [-0.39, 0.29) is 29.5 Å². The fourth-order valence-electron chi connectivity index (χ4n) is 3.57. The maximum absolute atomic E-state index is 12.9. The predicted molar refractivity (Wildman–Crippen MR) is 133 cm³/mol. The Morgan fingerprint density at radius 1 is 0.886 bits per heavy atom. The van der Waals surface area contributed by atoms with E-state index < -0.39 is 5.91 Å². The number of hydrogen-bond acceptors (Lipinski definition) is 6. The lowest BCUT2D eigenvalue weighted by Crippen LogP contribution is -2.24. The first-order valence-electron chi connectivity index (χ1n) is 10.9. The van der Waals surface area contributed by atoms with Gasteiger partial charge in [-0.15, -0.1) is 0 Å². The van der Waals surface area contributed by atoms with Crippen LogP contribution in [-0.4, -0.2) is 45.0 Å². The van der Waals surface area contributed by atoms with E-state index in [1.807, 2.05) is 42.5 Å². The number of rotatable bonds is 8. The first-order chi connectivity index (χ1) is 16.9. The molecular formula is C27H26N2O6. The van der Waals surface area contributed by atoms with Gasteiger partial charge in [-0.3, -0.25) is 9.59 Å². The zero-order chi connectivity index (χ0) is 24.9.